The Labute approximate surface area is 198 Å². The van der Waals surface area contributed by atoms with Crippen LogP contribution in [0.1, 0.15) is 24.4 Å². The van der Waals surface area contributed by atoms with Gasteiger partial charge in [-0.15, -0.1) is 0 Å². The summed E-state index contributed by atoms with van der Waals surface area (Å²) in [6, 6.07) is 3.54. The molecule has 1 unspecified atom stereocenters. The predicted octanol–water partition coefficient (Wildman–Crippen LogP) is 2.56. The van der Waals surface area contributed by atoms with Crippen LogP contribution in [-0.4, -0.2) is 81.7 Å². The zero-order valence-electron chi connectivity index (χ0n) is 20.2. The van der Waals surface area contributed by atoms with Gasteiger partial charge in [-0.3, -0.25) is 4.90 Å². The highest BCUT2D eigenvalue weighted by molar-refractivity contribution is 5.75. The number of rotatable bonds is 6. The van der Waals surface area contributed by atoms with Crippen LogP contribution in [0, 0.1) is 12.7 Å². The molecular weight excluding hydrogens is 437 g/mol. The van der Waals surface area contributed by atoms with Crippen LogP contribution >= 0.6 is 0 Å². The predicted molar refractivity (Wildman–Crippen MR) is 128 cm³/mol. The Kier molecular flexibility index (Phi) is 6.58. The fourth-order valence-electron chi connectivity index (χ4n) is 4.15. The van der Waals surface area contributed by atoms with Gasteiger partial charge in [0.1, 0.15) is 17.7 Å². The van der Waals surface area contributed by atoms with Gasteiger partial charge in [-0.05, 0) is 27.0 Å². The molecule has 0 spiro atoms. The van der Waals surface area contributed by atoms with Crippen LogP contribution in [0.5, 0.6) is 5.88 Å². The number of piperazine rings is 1. The number of aromatic nitrogens is 5. The second kappa shape index (κ2) is 9.43. The minimum Gasteiger partial charge on any atom is -0.479 e. The zero-order chi connectivity index (χ0) is 24.5. The Morgan fingerprint density at radius 1 is 1.15 bits per heavy atom. The van der Waals surface area contributed by atoms with Crippen molar-refractivity contribution >= 4 is 17.5 Å². The maximum atomic E-state index is 14.2. The van der Waals surface area contributed by atoms with Crippen LogP contribution in [0.4, 0.5) is 21.8 Å². The monoisotopic (exact) mass is 468 g/mol. The van der Waals surface area contributed by atoms with Gasteiger partial charge in [-0.1, -0.05) is 0 Å². The molecule has 3 N–H and O–H groups in total. The number of pyridine rings is 2. The molecule has 10 nitrogen and oxygen atoms in total. The Morgan fingerprint density at radius 2 is 1.88 bits per heavy atom. The topological polar surface area (TPSA) is 115 Å². The molecule has 4 heterocycles. The van der Waals surface area contributed by atoms with Gasteiger partial charge in [-0.25, -0.2) is 19.3 Å². The van der Waals surface area contributed by atoms with Gasteiger partial charge in [0, 0.05) is 30.9 Å². The van der Waals surface area contributed by atoms with E-state index < -0.39 is 5.82 Å². The third kappa shape index (κ3) is 4.90. The smallest absolute Gasteiger partial charge is 0.250 e. The van der Waals surface area contributed by atoms with Crippen molar-refractivity contribution in [3.05, 3.63) is 41.7 Å². The molecule has 11 heteroatoms. The van der Waals surface area contributed by atoms with Crippen molar-refractivity contribution in [1.29, 1.82) is 0 Å². The summed E-state index contributed by atoms with van der Waals surface area (Å²) >= 11 is 0. The van der Waals surface area contributed by atoms with Crippen LogP contribution in [-0.2, 0) is 0 Å². The minimum atomic E-state index is -0.577. The van der Waals surface area contributed by atoms with Gasteiger partial charge < -0.3 is 20.3 Å². The summed E-state index contributed by atoms with van der Waals surface area (Å²) in [4.78, 5) is 23.9. The summed E-state index contributed by atoms with van der Waals surface area (Å²) in [5.74, 6) is 0.842. The van der Waals surface area contributed by atoms with Crippen molar-refractivity contribution in [3.8, 4) is 17.3 Å². The summed E-state index contributed by atoms with van der Waals surface area (Å²) < 4.78 is 20.0. The minimum absolute atomic E-state index is 0.0760. The first kappa shape index (κ1) is 23.7. The maximum Gasteiger partial charge on any atom is 0.250 e. The lowest BCUT2D eigenvalue weighted by Gasteiger charge is -2.45. The van der Waals surface area contributed by atoms with Gasteiger partial charge in [0.05, 0.1) is 44.7 Å². The van der Waals surface area contributed by atoms with Gasteiger partial charge in [-0.2, -0.15) is 9.97 Å². The van der Waals surface area contributed by atoms with E-state index in [0.29, 0.717) is 28.7 Å². The highest BCUT2D eigenvalue weighted by Gasteiger charge is 2.34. The van der Waals surface area contributed by atoms with E-state index in [4.69, 9.17) is 10.5 Å². The normalized spacial score (nSPS) is 16.8. The summed E-state index contributed by atoms with van der Waals surface area (Å²) in [5.41, 5.74) is 8.05. The molecule has 0 saturated carbocycles. The zero-order valence-corrected chi connectivity index (χ0v) is 20.2. The van der Waals surface area contributed by atoms with Crippen molar-refractivity contribution in [2.45, 2.75) is 19.9 Å². The number of quaternary nitrogens is 1. The molecule has 3 aromatic rings. The molecule has 3 aromatic heterocycles. The van der Waals surface area contributed by atoms with Crippen LogP contribution in [0.2, 0.25) is 0 Å². The quantitative estimate of drug-likeness (QED) is 0.527. The number of nitrogens with zero attached hydrogens (tertiary/aromatic N) is 7. The van der Waals surface area contributed by atoms with Crippen LogP contribution in [0.25, 0.3) is 11.4 Å². The number of ether oxygens (including phenoxy) is 1. The average molecular weight is 469 g/mol. The molecule has 1 aliphatic heterocycles. The molecule has 1 atom stereocenters. The van der Waals surface area contributed by atoms with Gasteiger partial charge in [0.25, 0.3) is 0 Å². The van der Waals surface area contributed by atoms with Crippen molar-refractivity contribution in [3.63, 3.8) is 0 Å². The fourth-order valence-corrected chi connectivity index (χ4v) is 4.15. The first-order valence-electron chi connectivity index (χ1n) is 11.2. The Bertz CT molecular complexity index is 1160. The number of hydrogen-bond acceptors (Lipinski definition) is 9. The number of methoxy groups -OCH3 is 1. The first-order chi connectivity index (χ1) is 16.2. The number of nitrogens with two attached hydrogens (primary N) is 1. The van der Waals surface area contributed by atoms with E-state index in [1.54, 1.807) is 6.92 Å². The lowest BCUT2D eigenvalue weighted by atomic mass is 10.0. The van der Waals surface area contributed by atoms with Crippen LogP contribution < -0.4 is 15.8 Å². The maximum absolute atomic E-state index is 14.2. The Balaban J connectivity index is 1.75. The molecule has 34 heavy (non-hydrogen) atoms. The van der Waals surface area contributed by atoms with E-state index in [2.05, 4.69) is 56.2 Å². The molecule has 0 amide bonds. The van der Waals surface area contributed by atoms with E-state index in [1.807, 2.05) is 12.3 Å². The molecule has 0 aromatic carbocycles. The number of nitrogens with one attached hydrogen (secondary N) is 1. The largest absolute Gasteiger partial charge is 0.479 e. The van der Waals surface area contributed by atoms with E-state index in [-0.39, 0.29) is 17.9 Å². The van der Waals surface area contributed by atoms with Gasteiger partial charge in [0.15, 0.2) is 11.6 Å². The van der Waals surface area contributed by atoms with Gasteiger partial charge in [0.2, 0.25) is 11.8 Å². The van der Waals surface area contributed by atoms with Crippen molar-refractivity contribution in [2.75, 3.05) is 58.4 Å². The Hall–Kier alpha value is -3.44. The number of nitrogen functional groups attached to an aromatic ring is 1. The molecule has 180 valence electrons. The van der Waals surface area contributed by atoms with E-state index in [9.17, 15) is 4.39 Å². The summed E-state index contributed by atoms with van der Waals surface area (Å²) in [7, 11) is 5.80. The molecular formula is C23H31FN9O+. The standard InChI is InChI=1S/C23H31FN9O/c1-14(33(4)8-6-32(3)7-9-33)16-10-18(21-28-15(2)29-23(25)31-21)20(26-12-16)30-17-11-19(24)22(34-5)27-13-17/h10-14H,6-9H2,1-5H3,(H,26,30)(H2,25,28,29,31)/q+1. The Morgan fingerprint density at radius 3 is 2.53 bits per heavy atom. The second-order valence-electron chi connectivity index (χ2n) is 8.98. The van der Waals surface area contributed by atoms with Crippen LogP contribution in [0.15, 0.2) is 24.5 Å². The molecule has 0 radical (unpaired) electrons. The summed E-state index contributed by atoms with van der Waals surface area (Å²) in [6.07, 6.45) is 3.33. The molecule has 1 fully saturated rings. The number of likely N-dealkylation sites (N-methyl/N-ethyl adjacent to an activating group) is 2. The van der Waals surface area contributed by atoms with E-state index in [0.717, 1.165) is 36.2 Å². The van der Waals surface area contributed by atoms with Crippen molar-refractivity contribution in [2.24, 2.45) is 0 Å². The molecule has 1 aliphatic rings. The average Bonchev–Trinajstić information content (AvgIpc) is 2.80. The highest BCUT2D eigenvalue weighted by Crippen LogP contribution is 2.34. The third-order valence-electron chi connectivity index (χ3n) is 6.58. The lowest BCUT2D eigenvalue weighted by molar-refractivity contribution is -0.941. The SMILES string of the molecule is COc1ncc(Nc2ncc(C(C)[N+]3(C)CCN(C)CC3)cc2-c2nc(C)nc(N)n2)cc1F. The van der Waals surface area contributed by atoms with E-state index in [1.165, 1.54) is 19.4 Å². The van der Waals surface area contributed by atoms with Crippen LogP contribution in [0.3, 0.4) is 0 Å². The lowest BCUT2D eigenvalue weighted by Crippen LogP contribution is -2.57. The summed E-state index contributed by atoms with van der Waals surface area (Å²) in [5, 5.41) is 3.14. The number of anilines is 3. The number of hydrogen-bond donors (Lipinski definition) is 2. The third-order valence-corrected chi connectivity index (χ3v) is 6.58. The van der Waals surface area contributed by atoms with Gasteiger partial charge >= 0.3 is 0 Å². The number of halogens is 1. The fraction of sp³-hybridized carbons (Fsp3) is 0.435. The molecule has 1 saturated heterocycles. The molecule has 0 aliphatic carbocycles. The first-order valence-corrected chi connectivity index (χ1v) is 11.2. The van der Waals surface area contributed by atoms with E-state index >= 15 is 0 Å². The second-order valence-corrected chi connectivity index (χ2v) is 8.98. The van der Waals surface area contributed by atoms with Crippen molar-refractivity contribution in [1.82, 2.24) is 29.8 Å². The van der Waals surface area contributed by atoms with Crippen molar-refractivity contribution < 1.29 is 13.6 Å². The summed E-state index contributed by atoms with van der Waals surface area (Å²) in [6.45, 7) is 8.14. The highest BCUT2D eigenvalue weighted by atomic mass is 19.1. The molecule has 0 bridgehead atoms. The number of aryl methyl sites for hydroxylation is 1. The molecule has 4 rings (SSSR count).